The normalized spacial score (nSPS) is 13.8. The van der Waals surface area contributed by atoms with Crippen LogP contribution in [-0.2, 0) is 37.3 Å². The van der Waals surface area contributed by atoms with Gasteiger partial charge < -0.3 is 19.1 Å². The van der Waals surface area contributed by atoms with E-state index in [9.17, 15) is 0 Å². The maximum Gasteiger partial charge on any atom is 2.00 e. The molecule has 272 valence electrons. The van der Waals surface area contributed by atoms with Gasteiger partial charge in [-0.3, -0.25) is 0 Å². The molecule has 3 heterocycles. The van der Waals surface area contributed by atoms with Crippen molar-refractivity contribution in [2.45, 2.75) is 105 Å². The zero-order chi connectivity index (χ0) is 36.7. The SMILES string of the molecule is CC(C)(C)c1cc(Oc2[c-]c3c(cc2)c2ccc(C(C)(C)C)cc2n3-c2cc(C(C)(C)C)ccn2)[c-]c(N2CN(C(C)(C)C)c3ccccc32)c1.[Pt+2]. The van der Waals surface area contributed by atoms with E-state index in [-0.39, 0.29) is 42.8 Å². The molecule has 0 spiro atoms. The number of para-hydroxylation sites is 2. The Kier molecular flexibility index (Phi) is 9.49. The van der Waals surface area contributed by atoms with Crippen LogP contribution in [0.4, 0.5) is 17.1 Å². The molecule has 5 nitrogen and oxygen atoms in total. The van der Waals surface area contributed by atoms with Gasteiger partial charge in [0.15, 0.2) is 0 Å². The van der Waals surface area contributed by atoms with E-state index in [4.69, 9.17) is 9.72 Å². The molecule has 6 heteroatoms. The van der Waals surface area contributed by atoms with Gasteiger partial charge in [-0.2, -0.15) is 6.07 Å². The summed E-state index contributed by atoms with van der Waals surface area (Å²) < 4.78 is 9.02. The smallest absolute Gasteiger partial charge is 0.509 e. The van der Waals surface area contributed by atoms with Crippen LogP contribution in [0.3, 0.4) is 0 Å². The zero-order valence-corrected chi connectivity index (χ0v) is 35.1. The Morgan fingerprint density at radius 2 is 1.25 bits per heavy atom. The van der Waals surface area contributed by atoms with Crippen LogP contribution in [-0.4, -0.2) is 21.8 Å². The average molecular weight is 872 g/mol. The molecule has 7 rings (SSSR count). The van der Waals surface area contributed by atoms with Gasteiger partial charge in [-0.15, -0.1) is 41.3 Å². The monoisotopic (exact) mass is 871 g/mol. The molecule has 0 N–H and O–H groups in total. The summed E-state index contributed by atoms with van der Waals surface area (Å²) in [5, 5.41) is 2.29. The van der Waals surface area contributed by atoms with Crippen LogP contribution in [0.25, 0.3) is 27.6 Å². The van der Waals surface area contributed by atoms with Crippen LogP contribution < -0.4 is 14.5 Å². The minimum atomic E-state index is -0.0977. The second-order valence-corrected chi connectivity index (χ2v) is 18.2. The summed E-state index contributed by atoms with van der Waals surface area (Å²) in [6.45, 7) is 27.8. The summed E-state index contributed by atoms with van der Waals surface area (Å²) in [5.74, 6) is 2.19. The van der Waals surface area contributed by atoms with Gasteiger partial charge >= 0.3 is 21.1 Å². The van der Waals surface area contributed by atoms with E-state index in [1.807, 2.05) is 12.3 Å². The maximum atomic E-state index is 6.76. The molecule has 2 aromatic heterocycles. The number of benzene rings is 4. The molecule has 4 aromatic carbocycles. The molecular weight excluding hydrogens is 820 g/mol. The number of pyridine rings is 1. The molecule has 1 aliphatic heterocycles. The second kappa shape index (κ2) is 13.1. The predicted molar refractivity (Wildman–Crippen MR) is 215 cm³/mol. The fraction of sp³-hybridized carbons (Fsp3) is 0.370. The Bertz CT molecular complexity index is 2270. The number of anilines is 3. The van der Waals surface area contributed by atoms with Gasteiger partial charge in [0.1, 0.15) is 5.82 Å². The van der Waals surface area contributed by atoms with Crippen LogP contribution in [0.5, 0.6) is 11.5 Å². The van der Waals surface area contributed by atoms with Gasteiger partial charge in [-0.05, 0) is 83.9 Å². The Hall–Kier alpha value is -4.08. The molecule has 0 aliphatic carbocycles. The maximum absolute atomic E-state index is 6.76. The molecule has 52 heavy (non-hydrogen) atoms. The fourth-order valence-electron chi connectivity index (χ4n) is 6.97. The van der Waals surface area contributed by atoms with Gasteiger partial charge in [0.2, 0.25) is 0 Å². The fourth-order valence-corrected chi connectivity index (χ4v) is 6.97. The molecule has 0 amide bonds. The van der Waals surface area contributed by atoms with Crippen molar-refractivity contribution in [3.8, 4) is 17.3 Å². The summed E-state index contributed by atoms with van der Waals surface area (Å²) in [5.41, 5.74) is 8.99. The van der Waals surface area contributed by atoms with Crippen LogP contribution >= 0.6 is 0 Å². The van der Waals surface area contributed by atoms with E-state index in [2.05, 4.69) is 182 Å². The van der Waals surface area contributed by atoms with E-state index >= 15 is 0 Å². The van der Waals surface area contributed by atoms with Crippen molar-refractivity contribution in [2.75, 3.05) is 16.5 Å². The largest absolute Gasteiger partial charge is 2.00 e. The first kappa shape index (κ1) is 37.7. The average Bonchev–Trinajstić information content (AvgIpc) is 3.59. The van der Waals surface area contributed by atoms with Gasteiger partial charge in [0.25, 0.3) is 0 Å². The first-order valence-corrected chi connectivity index (χ1v) is 18.2. The molecular formula is C46H52N4OPt. The molecule has 0 unspecified atom stereocenters. The third-order valence-corrected chi connectivity index (χ3v) is 10.1. The number of hydrogen-bond donors (Lipinski definition) is 0. The Morgan fingerprint density at radius 1 is 0.615 bits per heavy atom. The van der Waals surface area contributed by atoms with E-state index in [1.165, 1.54) is 33.5 Å². The van der Waals surface area contributed by atoms with Crippen LogP contribution in [0.1, 0.15) is 99.8 Å². The van der Waals surface area contributed by atoms with Gasteiger partial charge in [0.05, 0.1) is 18.0 Å². The van der Waals surface area contributed by atoms with Crippen molar-refractivity contribution in [3.63, 3.8) is 0 Å². The number of ether oxygens (including phenoxy) is 1. The van der Waals surface area contributed by atoms with Gasteiger partial charge in [-0.25, -0.2) is 4.98 Å². The third kappa shape index (κ3) is 7.02. The number of rotatable bonds is 4. The van der Waals surface area contributed by atoms with Crippen LogP contribution in [0, 0.1) is 12.1 Å². The summed E-state index contributed by atoms with van der Waals surface area (Å²) >= 11 is 0. The summed E-state index contributed by atoms with van der Waals surface area (Å²) in [6, 6.07) is 35.8. The predicted octanol–water partition coefficient (Wildman–Crippen LogP) is 12.2. The van der Waals surface area contributed by atoms with Crippen LogP contribution in [0.15, 0.2) is 85.1 Å². The molecule has 0 saturated heterocycles. The quantitative estimate of drug-likeness (QED) is 0.165. The summed E-state index contributed by atoms with van der Waals surface area (Å²) in [7, 11) is 0. The molecule has 6 aromatic rings. The van der Waals surface area contributed by atoms with Crippen molar-refractivity contribution in [2.24, 2.45) is 0 Å². The van der Waals surface area contributed by atoms with Gasteiger partial charge in [-0.1, -0.05) is 97.8 Å². The standard InChI is InChI=1S/C46H52N4O.Pt/c1-43(2,3)30-17-19-36-37-20-18-34(28-41(37)50(40(36)25-30)42-26-31(21-22-47-42)44(4,5)6)51-35-24-32(45(7,8)9)23-33(27-35)48-29-49(46(10,11)12)39-16-14-13-15-38(39)48;/h13-26H,29H2,1-12H3;/q-2;+2. The first-order valence-electron chi connectivity index (χ1n) is 18.2. The Morgan fingerprint density at radius 3 is 1.90 bits per heavy atom. The summed E-state index contributed by atoms with van der Waals surface area (Å²) in [4.78, 5) is 9.73. The minimum absolute atomic E-state index is 0. The number of aromatic nitrogens is 2. The van der Waals surface area contributed by atoms with Crippen molar-refractivity contribution in [3.05, 3.63) is 114 Å². The van der Waals surface area contributed by atoms with Crippen molar-refractivity contribution < 1.29 is 25.8 Å². The number of fused-ring (bicyclic) bond motifs is 4. The van der Waals surface area contributed by atoms with Gasteiger partial charge in [0, 0.05) is 28.8 Å². The molecule has 0 saturated carbocycles. The molecule has 0 bridgehead atoms. The van der Waals surface area contributed by atoms with Crippen LogP contribution in [0.2, 0.25) is 0 Å². The molecule has 0 radical (unpaired) electrons. The topological polar surface area (TPSA) is 33.5 Å². The number of nitrogens with zero attached hydrogens (tertiary/aromatic N) is 4. The van der Waals surface area contributed by atoms with E-state index in [0.29, 0.717) is 11.5 Å². The van der Waals surface area contributed by atoms with E-state index < -0.39 is 0 Å². The molecule has 1 aliphatic rings. The van der Waals surface area contributed by atoms with Crippen molar-refractivity contribution in [1.29, 1.82) is 0 Å². The first-order chi connectivity index (χ1) is 23.8. The third-order valence-electron chi connectivity index (χ3n) is 10.1. The Balaban J connectivity index is 0.00000464. The van der Waals surface area contributed by atoms with Crippen molar-refractivity contribution in [1.82, 2.24) is 9.55 Å². The van der Waals surface area contributed by atoms with E-state index in [1.54, 1.807) is 0 Å². The number of hydrogen-bond acceptors (Lipinski definition) is 4. The zero-order valence-electron chi connectivity index (χ0n) is 32.8. The second-order valence-electron chi connectivity index (χ2n) is 18.2. The minimum Gasteiger partial charge on any atom is -0.509 e. The molecule has 0 atom stereocenters. The van der Waals surface area contributed by atoms with Crippen molar-refractivity contribution >= 4 is 38.9 Å². The molecule has 0 fully saturated rings. The summed E-state index contributed by atoms with van der Waals surface area (Å²) in [6.07, 6.45) is 1.92. The van der Waals surface area contributed by atoms with E-state index in [0.717, 1.165) is 34.6 Å². The Labute approximate surface area is 325 Å².